The van der Waals surface area contributed by atoms with Gasteiger partial charge in [-0.05, 0) is 56.2 Å². The third-order valence-electron chi connectivity index (χ3n) is 5.47. The Hall–Kier alpha value is -3.06. The molecule has 1 aromatic heterocycles. The van der Waals surface area contributed by atoms with E-state index >= 15 is 0 Å². The summed E-state index contributed by atoms with van der Waals surface area (Å²) >= 11 is 1.61. The monoisotopic (exact) mass is 438 g/mol. The van der Waals surface area contributed by atoms with Crippen LogP contribution in [-0.4, -0.2) is 36.6 Å². The van der Waals surface area contributed by atoms with E-state index in [0.717, 1.165) is 52.9 Å². The van der Waals surface area contributed by atoms with Crippen molar-refractivity contribution in [3.8, 4) is 17.2 Å². The molecule has 0 aliphatic carbocycles. The number of aryl methyl sites for hydroxylation is 1. The second-order valence-corrected chi connectivity index (χ2v) is 8.50. The molecule has 0 saturated carbocycles. The Kier molecular flexibility index (Phi) is 6.42. The number of likely N-dealkylation sites (tertiary alicyclic amines) is 1. The van der Waals surface area contributed by atoms with Gasteiger partial charge in [-0.1, -0.05) is 0 Å². The van der Waals surface area contributed by atoms with E-state index in [2.05, 4.69) is 4.98 Å². The zero-order valence-electron chi connectivity index (χ0n) is 18.0. The van der Waals surface area contributed by atoms with E-state index in [9.17, 15) is 4.79 Å². The average Bonchev–Trinajstić information content (AvgIpc) is 3.46. The van der Waals surface area contributed by atoms with E-state index in [0.29, 0.717) is 12.2 Å². The molecule has 1 aliphatic rings. The normalized spacial score (nSPS) is 15.7. The number of nitrogens with zero attached hydrogens (tertiary/aromatic N) is 2. The summed E-state index contributed by atoms with van der Waals surface area (Å²) in [6.45, 7) is 3.12. The van der Waals surface area contributed by atoms with Crippen LogP contribution >= 0.6 is 11.3 Å². The Balaban J connectivity index is 1.47. The van der Waals surface area contributed by atoms with Crippen molar-refractivity contribution in [1.82, 2.24) is 9.88 Å². The van der Waals surface area contributed by atoms with Gasteiger partial charge in [0.15, 0.2) is 0 Å². The smallest absolute Gasteiger partial charge is 0.254 e. The van der Waals surface area contributed by atoms with Crippen molar-refractivity contribution in [3.05, 3.63) is 69.7 Å². The van der Waals surface area contributed by atoms with Crippen LogP contribution in [0.15, 0.2) is 47.8 Å². The maximum atomic E-state index is 13.3. The van der Waals surface area contributed by atoms with Crippen molar-refractivity contribution >= 4 is 17.2 Å². The summed E-state index contributed by atoms with van der Waals surface area (Å²) in [4.78, 5) is 19.6. The summed E-state index contributed by atoms with van der Waals surface area (Å²) in [6.07, 6.45) is 1.86. The molecule has 2 heterocycles. The van der Waals surface area contributed by atoms with Crippen LogP contribution in [0.5, 0.6) is 17.2 Å². The molecule has 1 fully saturated rings. The van der Waals surface area contributed by atoms with Crippen LogP contribution in [-0.2, 0) is 6.61 Å². The van der Waals surface area contributed by atoms with Gasteiger partial charge in [0.05, 0.1) is 31.0 Å². The number of carbonyl (C=O) groups is 1. The molecule has 0 bridgehead atoms. The first-order chi connectivity index (χ1) is 15.1. The summed E-state index contributed by atoms with van der Waals surface area (Å²) in [5.74, 6) is 2.21. The zero-order valence-corrected chi connectivity index (χ0v) is 18.8. The Bertz CT molecular complexity index is 1050. The summed E-state index contributed by atoms with van der Waals surface area (Å²) in [6, 6.07) is 13.1. The molecule has 1 aliphatic heterocycles. The lowest BCUT2D eigenvalue weighted by Gasteiger charge is -2.26. The van der Waals surface area contributed by atoms with Crippen LogP contribution in [0.2, 0.25) is 0 Å². The molecule has 6 nitrogen and oxygen atoms in total. The molecule has 0 radical (unpaired) electrons. The fraction of sp³-hybridized carbons (Fsp3) is 0.333. The third-order valence-corrected chi connectivity index (χ3v) is 6.29. The minimum Gasteiger partial charge on any atom is -0.497 e. The minimum absolute atomic E-state index is 0.0158. The molecular weight excluding hydrogens is 412 g/mol. The fourth-order valence-corrected chi connectivity index (χ4v) is 4.52. The molecule has 0 unspecified atom stereocenters. The van der Waals surface area contributed by atoms with E-state index in [4.69, 9.17) is 14.2 Å². The van der Waals surface area contributed by atoms with Gasteiger partial charge in [0.1, 0.15) is 23.9 Å². The van der Waals surface area contributed by atoms with E-state index < -0.39 is 0 Å². The topological polar surface area (TPSA) is 60.9 Å². The highest BCUT2D eigenvalue weighted by molar-refractivity contribution is 7.09. The van der Waals surface area contributed by atoms with Gasteiger partial charge in [0, 0.05) is 29.1 Å². The molecule has 1 saturated heterocycles. The highest BCUT2D eigenvalue weighted by Crippen LogP contribution is 2.39. The molecule has 31 heavy (non-hydrogen) atoms. The number of benzene rings is 2. The lowest BCUT2D eigenvalue weighted by atomic mass is 10.0. The predicted octanol–water partition coefficient (Wildman–Crippen LogP) is 5.03. The van der Waals surface area contributed by atoms with Crippen LogP contribution < -0.4 is 14.2 Å². The quantitative estimate of drug-likeness (QED) is 0.518. The summed E-state index contributed by atoms with van der Waals surface area (Å²) < 4.78 is 16.7. The predicted molar refractivity (Wildman–Crippen MR) is 120 cm³/mol. The third kappa shape index (κ3) is 4.66. The Morgan fingerprint density at radius 1 is 1.13 bits per heavy atom. The number of hydrogen-bond acceptors (Lipinski definition) is 6. The average molecular weight is 439 g/mol. The first-order valence-electron chi connectivity index (χ1n) is 10.3. The standard InChI is InChI=1S/C24H26N2O4S/c1-16-25-18(15-31-16)14-30-19-8-6-17(7-9-19)24(27)26-12-4-5-22(26)21-11-10-20(28-2)13-23(21)29-3/h6-11,13,15,22H,4-5,12,14H2,1-3H3/t22-/m1/s1. The van der Waals surface area contributed by atoms with Crippen molar-refractivity contribution in [1.29, 1.82) is 0 Å². The molecule has 1 amide bonds. The maximum absolute atomic E-state index is 13.3. The van der Waals surface area contributed by atoms with Gasteiger partial charge in [0.2, 0.25) is 0 Å². The molecule has 0 spiro atoms. The molecule has 1 atom stereocenters. The van der Waals surface area contributed by atoms with Crippen LogP contribution in [0, 0.1) is 6.92 Å². The largest absolute Gasteiger partial charge is 0.497 e. The number of aromatic nitrogens is 1. The SMILES string of the molecule is COc1ccc([C@H]2CCCN2C(=O)c2ccc(OCc3csc(C)n3)cc2)c(OC)c1. The number of methoxy groups -OCH3 is 2. The van der Waals surface area contributed by atoms with Crippen LogP contribution in [0.1, 0.15) is 45.5 Å². The number of thiazole rings is 1. The van der Waals surface area contributed by atoms with Gasteiger partial charge < -0.3 is 19.1 Å². The second kappa shape index (κ2) is 9.39. The Morgan fingerprint density at radius 3 is 2.58 bits per heavy atom. The molecule has 2 aromatic carbocycles. The lowest BCUT2D eigenvalue weighted by molar-refractivity contribution is 0.0734. The number of amides is 1. The number of hydrogen-bond donors (Lipinski definition) is 0. The van der Waals surface area contributed by atoms with Crippen LogP contribution in [0.3, 0.4) is 0 Å². The van der Waals surface area contributed by atoms with Gasteiger partial charge in [0.25, 0.3) is 5.91 Å². The molecular formula is C24H26N2O4S. The van der Waals surface area contributed by atoms with Gasteiger partial charge in [-0.3, -0.25) is 4.79 Å². The van der Waals surface area contributed by atoms with E-state index in [1.54, 1.807) is 25.6 Å². The van der Waals surface area contributed by atoms with Crippen molar-refractivity contribution < 1.29 is 19.0 Å². The highest BCUT2D eigenvalue weighted by Gasteiger charge is 2.32. The van der Waals surface area contributed by atoms with E-state index in [1.165, 1.54) is 0 Å². The van der Waals surface area contributed by atoms with Crippen molar-refractivity contribution in [2.24, 2.45) is 0 Å². The van der Waals surface area contributed by atoms with E-state index in [-0.39, 0.29) is 11.9 Å². The highest BCUT2D eigenvalue weighted by atomic mass is 32.1. The molecule has 3 aromatic rings. The van der Waals surface area contributed by atoms with Crippen molar-refractivity contribution in [2.75, 3.05) is 20.8 Å². The number of rotatable bonds is 7. The summed E-state index contributed by atoms with van der Waals surface area (Å²) in [7, 11) is 3.27. The molecule has 4 rings (SSSR count). The molecule has 162 valence electrons. The zero-order chi connectivity index (χ0) is 21.8. The van der Waals surface area contributed by atoms with Crippen molar-refractivity contribution in [3.63, 3.8) is 0 Å². The van der Waals surface area contributed by atoms with Crippen LogP contribution in [0.4, 0.5) is 0 Å². The lowest BCUT2D eigenvalue weighted by Crippen LogP contribution is -2.30. The van der Waals surface area contributed by atoms with Crippen LogP contribution in [0.25, 0.3) is 0 Å². The Morgan fingerprint density at radius 2 is 1.90 bits per heavy atom. The van der Waals surface area contributed by atoms with Gasteiger partial charge >= 0.3 is 0 Å². The molecule has 7 heteroatoms. The first kappa shape index (κ1) is 21.2. The first-order valence-corrected chi connectivity index (χ1v) is 11.1. The number of carbonyl (C=O) groups excluding carboxylic acids is 1. The van der Waals surface area contributed by atoms with Crippen molar-refractivity contribution in [2.45, 2.75) is 32.4 Å². The second-order valence-electron chi connectivity index (χ2n) is 7.44. The summed E-state index contributed by atoms with van der Waals surface area (Å²) in [5, 5.41) is 3.02. The fourth-order valence-electron chi connectivity index (χ4n) is 3.92. The minimum atomic E-state index is -0.0165. The van der Waals surface area contributed by atoms with E-state index in [1.807, 2.05) is 59.7 Å². The van der Waals surface area contributed by atoms with Gasteiger partial charge in [-0.2, -0.15) is 0 Å². The number of ether oxygens (including phenoxy) is 3. The molecule has 0 N–H and O–H groups in total. The van der Waals surface area contributed by atoms with Gasteiger partial charge in [-0.15, -0.1) is 11.3 Å². The Labute approximate surface area is 186 Å². The maximum Gasteiger partial charge on any atom is 0.254 e. The summed E-state index contributed by atoms with van der Waals surface area (Å²) in [5.41, 5.74) is 2.57. The van der Waals surface area contributed by atoms with Gasteiger partial charge in [-0.25, -0.2) is 4.98 Å².